The fourth-order valence-electron chi connectivity index (χ4n) is 4.77. The lowest BCUT2D eigenvalue weighted by atomic mass is 10.00. The number of aromatic nitrogens is 1. The van der Waals surface area contributed by atoms with Crippen molar-refractivity contribution >= 4 is 23.4 Å². The smallest absolute Gasteiger partial charge is 0.380 e. The first kappa shape index (κ1) is 28.0. The van der Waals surface area contributed by atoms with Gasteiger partial charge in [-0.3, -0.25) is 0 Å². The van der Waals surface area contributed by atoms with Gasteiger partial charge in [-0.2, -0.15) is 13.2 Å². The Morgan fingerprint density at radius 3 is 2.68 bits per heavy atom. The number of alkyl halides is 3. The van der Waals surface area contributed by atoms with Crippen LogP contribution in [0.1, 0.15) is 25.3 Å². The summed E-state index contributed by atoms with van der Waals surface area (Å²) in [6.07, 6.45) is -4.72. The van der Waals surface area contributed by atoms with Gasteiger partial charge in [0.1, 0.15) is 11.6 Å². The lowest BCUT2D eigenvalue weighted by Crippen LogP contribution is -2.36. The Labute approximate surface area is 221 Å². The zero-order valence-electron chi connectivity index (χ0n) is 22.1. The highest BCUT2D eigenvalue weighted by Gasteiger charge is 2.36. The number of halogens is 3. The number of nitrogens with zero attached hydrogens (tertiary/aromatic N) is 3. The van der Waals surface area contributed by atoms with Crippen LogP contribution in [-0.4, -0.2) is 81.2 Å². The van der Waals surface area contributed by atoms with Gasteiger partial charge >= 0.3 is 12.2 Å². The average Bonchev–Trinajstić information content (AvgIpc) is 3.35. The molecule has 1 aromatic carbocycles. The van der Waals surface area contributed by atoms with E-state index in [1.165, 1.54) is 4.90 Å². The lowest BCUT2D eigenvalue weighted by molar-refractivity contribution is -0.143. The second-order valence-corrected chi connectivity index (χ2v) is 10.0. The first-order valence-electron chi connectivity index (χ1n) is 13.0. The number of aryl methyl sites for hydroxylation is 1. The first-order chi connectivity index (χ1) is 18.1. The van der Waals surface area contributed by atoms with Crippen molar-refractivity contribution in [1.29, 1.82) is 0 Å². The quantitative estimate of drug-likeness (QED) is 0.487. The molecule has 4 rings (SSSR count). The second kappa shape index (κ2) is 12.2. The number of hydrogen-bond donors (Lipinski definition) is 2. The van der Waals surface area contributed by atoms with Gasteiger partial charge in [0.2, 0.25) is 0 Å². The Morgan fingerprint density at radius 2 is 1.97 bits per heavy atom. The molecular weight excluding hydrogens is 499 g/mol. The molecule has 0 aliphatic carbocycles. The molecule has 0 bridgehead atoms. The molecule has 2 unspecified atom stereocenters. The average molecular weight is 536 g/mol. The van der Waals surface area contributed by atoms with Crippen LogP contribution >= 0.6 is 0 Å². The number of ether oxygens (including phenoxy) is 2. The molecule has 2 aliphatic heterocycles. The van der Waals surface area contributed by atoms with Gasteiger partial charge in [-0.15, -0.1) is 0 Å². The largest absolute Gasteiger partial charge is 0.389 e. The summed E-state index contributed by atoms with van der Waals surface area (Å²) < 4.78 is 49.2. The highest BCUT2D eigenvalue weighted by atomic mass is 19.4. The SMILES string of the molecule is COC(C)CNc1cc(-c2cc(NC(=O)N3CCC(CC(F)(F)F)C3)ccc2C)cc(N2CCOCC2)n1. The number of nitrogens with one attached hydrogen (secondary N) is 2. The molecule has 2 saturated heterocycles. The summed E-state index contributed by atoms with van der Waals surface area (Å²) in [4.78, 5) is 21.3. The summed E-state index contributed by atoms with van der Waals surface area (Å²) >= 11 is 0. The van der Waals surface area contributed by atoms with Gasteiger partial charge in [-0.25, -0.2) is 9.78 Å². The van der Waals surface area contributed by atoms with Crippen LogP contribution in [0.3, 0.4) is 0 Å². The van der Waals surface area contributed by atoms with Crippen molar-refractivity contribution in [3.63, 3.8) is 0 Å². The van der Waals surface area contributed by atoms with E-state index in [4.69, 9.17) is 14.5 Å². The molecule has 0 spiro atoms. The number of benzene rings is 1. The van der Waals surface area contributed by atoms with Gasteiger partial charge in [0.25, 0.3) is 0 Å². The number of likely N-dealkylation sites (tertiary alicyclic amines) is 1. The minimum Gasteiger partial charge on any atom is -0.380 e. The summed E-state index contributed by atoms with van der Waals surface area (Å²) in [6, 6.07) is 9.26. The van der Waals surface area contributed by atoms with E-state index >= 15 is 0 Å². The molecule has 208 valence electrons. The summed E-state index contributed by atoms with van der Waals surface area (Å²) in [7, 11) is 1.66. The Bertz CT molecular complexity index is 1110. The van der Waals surface area contributed by atoms with Gasteiger partial charge in [0.05, 0.1) is 19.3 Å². The Kier molecular flexibility index (Phi) is 8.99. The van der Waals surface area contributed by atoms with Gasteiger partial charge in [0, 0.05) is 51.9 Å². The van der Waals surface area contributed by atoms with Crippen LogP contribution in [0.4, 0.5) is 35.3 Å². The van der Waals surface area contributed by atoms with E-state index in [0.29, 0.717) is 38.4 Å². The third-order valence-corrected chi connectivity index (χ3v) is 7.01. The van der Waals surface area contributed by atoms with E-state index < -0.39 is 18.5 Å². The number of carbonyl (C=O) groups excluding carboxylic acids is 1. The number of methoxy groups -OCH3 is 1. The van der Waals surface area contributed by atoms with Crippen LogP contribution in [0.2, 0.25) is 0 Å². The van der Waals surface area contributed by atoms with Crippen molar-refractivity contribution in [2.75, 3.05) is 68.6 Å². The van der Waals surface area contributed by atoms with E-state index in [0.717, 1.165) is 41.4 Å². The molecule has 1 aromatic heterocycles. The summed E-state index contributed by atoms with van der Waals surface area (Å²) in [5.74, 6) is 0.992. The number of carbonyl (C=O) groups is 1. The number of rotatable bonds is 8. The van der Waals surface area contributed by atoms with Crippen molar-refractivity contribution in [3.05, 3.63) is 35.9 Å². The third kappa shape index (κ3) is 7.50. The molecule has 2 aromatic rings. The van der Waals surface area contributed by atoms with E-state index in [9.17, 15) is 18.0 Å². The molecular formula is C27H36F3N5O3. The van der Waals surface area contributed by atoms with Crippen LogP contribution in [0.15, 0.2) is 30.3 Å². The molecule has 2 aliphatic rings. The van der Waals surface area contributed by atoms with Gasteiger partial charge in [0.15, 0.2) is 0 Å². The second-order valence-electron chi connectivity index (χ2n) is 10.0. The maximum atomic E-state index is 12.8. The van der Waals surface area contributed by atoms with Crippen LogP contribution in [-0.2, 0) is 9.47 Å². The van der Waals surface area contributed by atoms with E-state index in [1.807, 2.05) is 44.2 Å². The number of morpholine rings is 1. The molecule has 38 heavy (non-hydrogen) atoms. The van der Waals surface area contributed by atoms with E-state index in [-0.39, 0.29) is 18.7 Å². The molecule has 2 atom stereocenters. The monoisotopic (exact) mass is 535 g/mol. The highest BCUT2D eigenvalue weighted by molar-refractivity contribution is 5.91. The molecule has 0 radical (unpaired) electrons. The van der Waals surface area contributed by atoms with Crippen molar-refractivity contribution < 1.29 is 27.4 Å². The fourth-order valence-corrected chi connectivity index (χ4v) is 4.77. The molecule has 2 N–H and O–H groups in total. The highest BCUT2D eigenvalue weighted by Crippen LogP contribution is 2.33. The maximum Gasteiger partial charge on any atom is 0.389 e. The predicted molar refractivity (Wildman–Crippen MR) is 142 cm³/mol. The van der Waals surface area contributed by atoms with E-state index in [1.54, 1.807) is 7.11 Å². The van der Waals surface area contributed by atoms with Crippen molar-refractivity contribution in [1.82, 2.24) is 9.88 Å². The van der Waals surface area contributed by atoms with Crippen LogP contribution in [0, 0.1) is 12.8 Å². The number of hydrogen-bond acceptors (Lipinski definition) is 6. The molecule has 2 amide bonds. The minimum atomic E-state index is -4.22. The molecule has 8 nitrogen and oxygen atoms in total. The molecule has 0 saturated carbocycles. The molecule has 2 fully saturated rings. The number of amides is 2. The lowest BCUT2D eigenvalue weighted by Gasteiger charge is -2.29. The third-order valence-electron chi connectivity index (χ3n) is 7.01. The fraction of sp³-hybridized carbons (Fsp3) is 0.556. The maximum absolute atomic E-state index is 12.8. The minimum absolute atomic E-state index is 0.00823. The van der Waals surface area contributed by atoms with Crippen molar-refractivity contribution in [2.24, 2.45) is 5.92 Å². The number of urea groups is 1. The summed E-state index contributed by atoms with van der Waals surface area (Å²) in [5, 5.41) is 6.23. The molecule has 11 heteroatoms. The van der Waals surface area contributed by atoms with Crippen molar-refractivity contribution in [3.8, 4) is 11.1 Å². The zero-order valence-corrected chi connectivity index (χ0v) is 22.1. The zero-order chi connectivity index (χ0) is 27.3. The Balaban J connectivity index is 1.54. The van der Waals surface area contributed by atoms with Gasteiger partial charge < -0.3 is 29.9 Å². The Hall–Kier alpha value is -3.05. The normalized spacial score (nSPS) is 18.9. The van der Waals surface area contributed by atoms with Gasteiger partial charge in [-0.05, 0) is 67.1 Å². The standard InChI is InChI=1S/C27H36F3N5O3/c1-18-4-5-22(32-26(36)35-7-6-20(17-35)15-27(28,29)30)14-23(18)21-12-24(31-16-19(2)37-3)33-25(13-21)34-8-10-38-11-9-34/h4-5,12-14,19-20H,6-11,15-17H2,1-3H3,(H,31,33)(H,32,36). The first-order valence-corrected chi connectivity index (χ1v) is 13.0. The Morgan fingerprint density at radius 1 is 1.21 bits per heavy atom. The molecule has 3 heterocycles. The number of anilines is 3. The van der Waals surface area contributed by atoms with Crippen LogP contribution in [0.25, 0.3) is 11.1 Å². The summed E-state index contributed by atoms with van der Waals surface area (Å²) in [6.45, 7) is 7.73. The topological polar surface area (TPSA) is 79.0 Å². The predicted octanol–water partition coefficient (Wildman–Crippen LogP) is 5.15. The van der Waals surface area contributed by atoms with Crippen molar-refractivity contribution in [2.45, 2.75) is 39.0 Å². The van der Waals surface area contributed by atoms with Gasteiger partial charge in [-0.1, -0.05) is 6.07 Å². The number of pyridine rings is 1. The van der Waals surface area contributed by atoms with Crippen LogP contribution in [0.5, 0.6) is 0 Å². The van der Waals surface area contributed by atoms with E-state index in [2.05, 4.69) is 15.5 Å². The van der Waals surface area contributed by atoms with Crippen LogP contribution < -0.4 is 15.5 Å². The summed E-state index contributed by atoms with van der Waals surface area (Å²) in [5.41, 5.74) is 3.47.